The summed E-state index contributed by atoms with van der Waals surface area (Å²) in [5, 5.41) is 0.583. The predicted molar refractivity (Wildman–Crippen MR) is 62.2 cm³/mol. The van der Waals surface area contributed by atoms with E-state index in [-0.39, 0.29) is 15.7 Å². The van der Waals surface area contributed by atoms with Gasteiger partial charge in [-0.1, -0.05) is 23.2 Å². The van der Waals surface area contributed by atoms with Crippen LogP contribution >= 0.6 is 23.2 Å². The number of hydrogen-bond donors (Lipinski definition) is 1. The highest BCUT2D eigenvalue weighted by molar-refractivity contribution is 7.91. The van der Waals surface area contributed by atoms with Crippen LogP contribution in [0.4, 0.5) is 0 Å². The van der Waals surface area contributed by atoms with Crippen molar-refractivity contribution in [3.8, 4) is 0 Å². The van der Waals surface area contributed by atoms with Gasteiger partial charge >= 0.3 is 0 Å². The molecule has 3 nitrogen and oxygen atoms in total. The summed E-state index contributed by atoms with van der Waals surface area (Å²) in [6.45, 7) is 0.348. The SMILES string of the molecule is NCCCS(=O)(=O)c1ccc(Cl)c(Cl)c1. The minimum absolute atomic E-state index is 0.0292. The standard InChI is InChI=1S/C9H11Cl2NO2S/c10-8-3-2-7(6-9(8)11)15(13,14)5-1-4-12/h2-3,6H,1,4-5,12H2. The van der Waals surface area contributed by atoms with Crippen LogP contribution in [-0.2, 0) is 9.84 Å². The lowest BCUT2D eigenvalue weighted by molar-refractivity contribution is 0.593. The van der Waals surface area contributed by atoms with Crippen LogP contribution < -0.4 is 5.73 Å². The van der Waals surface area contributed by atoms with Crippen molar-refractivity contribution in [3.05, 3.63) is 28.2 Å². The molecule has 1 rings (SSSR count). The maximum Gasteiger partial charge on any atom is 0.178 e. The highest BCUT2D eigenvalue weighted by Gasteiger charge is 2.14. The Morgan fingerprint density at radius 2 is 1.87 bits per heavy atom. The smallest absolute Gasteiger partial charge is 0.178 e. The molecule has 0 aliphatic heterocycles. The molecule has 84 valence electrons. The van der Waals surface area contributed by atoms with Crippen molar-refractivity contribution < 1.29 is 8.42 Å². The molecule has 0 saturated carbocycles. The number of halogens is 2. The first-order chi connectivity index (χ1) is 6.97. The van der Waals surface area contributed by atoms with Crippen molar-refractivity contribution in [3.63, 3.8) is 0 Å². The zero-order valence-corrected chi connectivity index (χ0v) is 10.2. The van der Waals surface area contributed by atoms with Crippen LogP contribution in [0.5, 0.6) is 0 Å². The molecule has 0 saturated heterocycles. The van der Waals surface area contributed by atoms with Crippen molar-refractivity contribution >= 4 is 33.0 Å². The molecule has 0 aliphatic carbocycles. The molecule has 0 unspecified atom stereocenters. The van der Waals surface area contributed by atoms with E-state index >= 15 is 0 Å². The van der Waals surface area contributed by atoms with Crippen molar-refractivity contribution in [1.29, 1.82) is 0 Å². The highest BCUT2D eigenvalue weighted by Crippen LogP contribution is 2.25. The summed E-state index contributed by atoms with van der Waals surface area (Å²) in [5.41, 5.74) is 5.26. The Bertz CT molecular complexity index is 445. The second-order valence-corrected chi connectivity index (χ2v) is 5.96. The summed E-state index contributed by atoms with van der Waals surface area (Å²) in [5.74, 6) is 0.0292. The van der Waals surface area contributed by atoms with E-state index in [4.69, 9.17) is 28.9 Å². The zero-order chi connectivity index (χ0) is 11.5. The van der Waals surface area contributed by atoms with Gasteiger partial charge in [-0.25, -0.2) is 8.42 Å². The van der Waals surface area contributed by atoms with Gasteiger partial charge in [0.2, 0.25) is 0 Å². The Morgan fingerprint density at radius 3 is 2.40 bits per heavy atom. The van der Waals surface area contributed by atoms with Crippen LogP contribution in [0.25, 0.3) is 0 Å². The second kappa shape index (κ2) is 5.16. The monoisotopic (exact) mass is 267 g/mol. The van der Waals surface area contributed by atoms with Crippen LogP contribution in [-0.4, -0.2) is 20.7 Å². The summed E-state index contributed by atoms with van der Waals surface area (Å²) in [7, 11) is -3.28. The zero-order valence-electron chi connectivity index (χ0n) is 7.91. The summed E-state index contributed by atoms with van der Waals surface area (Å²) in [4.78, 5) is 0.186. The van der Waals surface area contributed by atoms with Crippen LogP contribution in [0.3, 0.4) is 0 Å². The van der Waals surface area contributed by atoms with Crippen LogP contribution in [0.1, 0.15) is 6.42 Å². The van der Waals surface area contributed by atoms with E-state index < -0.39 is 9.84 Å². The first kappa shape index (κ1) is 12.8. The molecule has 0 heterocycles. The van der Waals surface area contributed by atoms with Crippen LogP contribution in [0.15, 0.2) is 23.1 Å². The first-order valence-corrected chi connectivity index (χ1v) is 6.76. The number of hydrogen-bond acceptors (Lipinski definition) is 3. The summed E-state index contributed by atoms with van der Waals surface area (Å²) in [6.07, 6.45) is 0.433. The molecule has 0 aliphatic rings. The summed E-state index contributed by atoms with van der Waals surface area (Å²) < 4.78 is 23.4. The molecule has 0 fully saturated rings. The van der Waals surface area contributed by atoms with Gasteiger partial charge < -0.3 is 5.73 Å². The molecule has 1 aromatic rings. The Kier molecular flexibility index (Phi) is 4.40. The maximum absolute atomic E-state index is 11.7. The molecule has 0 aromatic heterocycles. The molecule has 2 N–H and O–H groups in total. The summed E-state index contributed by atoms with van der Waals surface area (Å²) >= 11 is 11.4. The Morgan fingerprint density at radius 1 is 1.20 bits per heavy atom. The number of sulfone groups is 1. The normalized spacial score (nSPS) is 11.7. The van der Waals surface area contributed by atoms with E-state index in [1.807, 2.05) is 0 Å². The van der Waals surface area contributed by atoms with E-state index in [2.05, 4.69) is 0 Å². The molecule has 15 heavy (non-hydrogen) atoms. The average molecular weight is 268 g/mol. The Balaban J connectivity index is 3.00. The molecule has 0 amide bonds. The van der Waals surface area contributed by atoms with Crippen molar-refractivity contribution in [2.45, 2.75) is 11.3 Å². The van der Waals surface area contributed by atoms with Crippen LogP contribution in [0.2, 0.25) is 10.0 Å². The molecule has 6 heteroatoms. The van der Waals surface area contributed by atoms with Gasteiger partial charge in [0, 0.05) is 0 Å². The quantitative estimate of drug-likeness (QED) is 0.909. The fourth-order valence-corrected chi connectivity index (χ4v) is 2.78. The van der Waals surface area contributed by atoms with Gasteiger partial charge in [0.15, 0.2) is 9.84 Å². The van der Waals surface area contributed by atoms with E-state index in [1.54, 1.807) is 0 Å². The van der Waals surface area contributed by atoms with Crippen molar-refractivity contribution in [2.75, 3.05) is 12.3 Å². The Labute approximate surface area is 99.1 Å². The third-order valence-corrected chi connectivity index (χ3v) is 4.40. The van der Waals surface area contributed by atoms with E-state index in [1.165, 1.54) is 18.2 Å². The molecule has 0 atom stereocenters. The van der Waals surface area contributed by atoms with Gasteiger partial charge in [-0.3, -0.25) is 0 Å². The molecular formula is C9H11Cl2NO2S. The Hall–Kier alpha value is -0.290. The van der Waals surface area contributed by atoms with Gasteiger partial charge in [-0.05, 0) is 31.2 Å². The predicted octanol–water partition coefficient (Wildman–Crippen LogP) is 2.12. The lowest BCUT2D eigenvalue weighted by atomic mass is 10.4. The second-order valence-electron chi connectivity index (χ2n) is 3.04. The van der Waals surface area contributed by atoms with Gasteiger partial charge in [-0.15, -0.1) is 0 Å². The maximum atomic E-state index is 11.7. The van der Waals surface area contributed by atoms with Crippen LogP contribution in [0, 0.1) is 0 Å². The van der Waals surface area contributed by atoms with Gasteiger partial charge in [-0.2, -0.15) is 0 Å². The third-order valence-electron chi connectivity index (χ3n) is 1.87. The van der Waals surface area contributed by atoms with Crippen molar-refractivity contribution in [2.24, 2.45) is 5.73 Å². The number of nitrogens with two attached hydrogens (primary N) is 1. The summed E-state index contributed by atoms with van der Waals surface area (Å²) in [6, 6.07) is 4.27. The van der Waals surface area contributed by atoms with E-state index in [9.17, 15) is 8.42 Å². The minimum atomic E-state index is -3.28. The topological polar surface area (TPSA) is 60.2 Å². The number of rotatable bonds is 4. The van der Waals surface area contributed by atoms with E-state index in [0.29, 0.717) is 18.0 Å². The molecule has 0 radical (unpaired) electrons. The molecule has 0 bridgehead atoms. The molecular weight excluding hydrogens is 257 g/mol. The average Bonchev–Trinajstić information content (AvgIpc) is 2.19. The van der Waals surface area contributed by atoms with Gasteiger partial charge in [0.25, 0.3) is 0 Å². The molecule has 0 spiro atoms. The third kappa shape index (κ3) is 3.34. The highest BCUT2D eigenvalue weighted by atomic mass is 35.5. The largest absolute Gasteiger partial charge is 0.330 e. The molecule has 1 aromatic carbocycles. The lowest BCUT2D eigenvalue weighted by Gasteiger charge is -2.04. The number of benzene rings is 1. The fraction of sp³-hybridized carbons (Fsp3) is 0.333. The lowest BCUT2D eigenvalue weighted by Crippen LogP contribution is -2.11. The first-order valence-electron chi connectivity index (χ1n) is 4.35. The van der Waals surface area contributed by atoms with E-state index in [0.717, 1.165) is 0 Å². The minimum Gasteiger partial charge on any atom is -0.330 e. The van der Waals surface area contributed by atoms with Gasteiger partial charge in [0.1, 0.15) is 0 Å². The van der Waals surface area contributed by atoms with Gasteiger partial charge in [0.05, 0.1) is 20.7 Å². The fourth-order valence-electron chi connectivity index (χ4n) is 1.06. The van der Waals surface area contributed by atoms with Crippen molar-refractivity contribution in [1.82, 2.24) is 0 Å².